The summed E-state index contributed by atoms with van der Waals surface area (Å²) < 4.78 is 0.899. The fraction of sp³-hybridized carbons (Fsp3) is 0.222. The van der Waals surface area contributed by atoms with E-state index in [1.165, 1.54) is 40.5 Å². The summed E-state index contributed by atoms with van der Waals surface area (Å²) >= 11 is 7.61. The maximum atomic E-state index is 13.1. The molecule has 0 atom stereocenters. The lowest BCUT2D eigenvalue weighted by Gasteiger charge is -2.20. The number of anilines is 1. The topological polar surface area (TPSA) is 80.8 Å². The second kappa shape index (κ2) is 7.99. The van der Waals surface area contributed by atoms with Gasteiger partial charge in [0, 0.05) is 17.7 Å². The molecular weight excluding hydrogens is 388 g/mol. The summed E-state index contributed by atoms with van der Waals surface area (Å²) in [5, 5.41) is 11.9. The Hall–Kier alpha value is -2.55. The number of hydrogen-bond acceptors (Lipinski definition) is 5. The Morgan fingerprint density at radius 1 is 1.26 bits per heavy atom. The minimum atomic E-state index is -0.489. The monoisotopic (exact) mass is 405 g/mol. The second-order valence-corrected chi connectivity index (χ2v) is 7.72. The summed E-state index contributed by atoms with van der Waals surface area (Å²) in [6.45, 7) is 1.19. The maximum absolute atomic E-state index is 13.1. The van der Waals surface area contributed by atoms with Gasteiger partial charge in [0.05, 0.1) is 41.8 Å². The number of carbonyl (C=O) groups is 1. The van der Waals surface area contributed by atoms with Crippen LogP contribution < -0.4 is 9.80 Å². The molecule has 3 rings (SSSR count). The normalized spacial score (nSPS) is 11.1. The van der Waals surface area contributed by atoms with Gasteiger partial charge in [-0.15, -0.1) is 0 Å². The van der Waals surface area contributed by atoms with E-state index in [9.17, 15) is 14.9 Å². The summed E-state index contributed by atoms with van der Waals surface area (Å²) in [5.41, 5.74) is 0.986. The van der Waals surface area contributed by atoms with Crippen LogP contribution in [0.2, 0.25) is 5.02 Å². The quantitative estimate of drug-likeness (QED) is 0.505. The first-order valence-corrected chi connectivity index (χ1v) is 9.46. The van der Waals surface area contributed by atoms with E-state index in [0.29, 0.717) is 27.8 Å². The smallest absolute Gasteiger partial charge is 0.269 e. The molecule has 0 spiro atoms. The Morgan fingerprint density at radius 3 is 2.56 bits per heavy atom. The number of halogens is 1. The molecule has 1 N–H and O–H groups in total. The minimum Gasteiger partial charge on any atom is -0.338 e. The van der Waals surface area contributed by atoms with E-state index in [2.05, 4.69) is 4.98 Å². The van der Waals surface area contributed by atoms with Crippen molar-refractivity contribution >= 4 is 49.9 Å². The molecule has 0 aliphatic rings. The first-order chi connectivity index (χ1) is 12.9. The lowest BCUT2D eigenvalue weighted by Crippen LogP contribution is -3.06. The van der Waals surface area contributed by atoms with Crippen LogP contribution in [0.25, 0.3) is 10.2 Å². The molecule has 0 radical (unpaired) electrons. The highest BCUT2D eigenvalue weighted by Crippen LogP contribution is 2.33. The van der Waals surface area contributed by atoms with E-state index < -0.39 is 4.92 Å². The average molecular weight is 406 g/mol. The van der Waals surface area contributed by atoms with Gasteiger partial charge in [-0.2, -0.15) is 0 Å². The molecule has 7 nitrogen and oxygen atoms in total. The Kier molecular flexibility index (Phi) is 5.69. The standard InChI is InChI=1S/C18H17ClN4O3S/c1-21(2)10-11-22(17(24)12-6-8-13(9-7-12)23(25)26)18-20-16-14(19)4-3-5-15(16)27-18/h3-9H,10-11H2,1-2H3/p+1. The molecular formula is C18H18ClN4O3S+. The van der Waals surface area contributed by atoms with Crippen LogP contribution in [0.3, 0.4) is 0 Å². The Labute approximate surface area is 164 Å². The van der Waals surface area contributed by atoms with Gasteiger partial charge in [0.1, 0.15) is 5.52 Å². The van der Waals surface area contributed by atoms with Gasteiger partial charge < -0.3 is 4.90 Å². The number of benzene rings is 2. The highest BCUT2D eigenvalue weighted by atomic mass is 35.5. The fourth-order valence-corrected chi connectivity index (χ4v) is 3.81. The van der Waals surface area contributed by atoms with Crippen molar-refractivity contribution in [1.82, 2.24) is 4.98 Å². The number of nitro benzene ring substituents is 1. The summed E-state index contributed by atoms with van der Waals surface area (Å²) in [5.74, 6) is -0.249. The number of para-hydroxylation sites is 1. The van der Waals surface area contributed by atoms with Gasteiger partial charge in [0.25, 0.3) is 11.6 Å². The van der Waals surface area contributed by atoms with Crippen LogP contribution in [-0.2, 0) is 0 Å². The molecule has 1 aromatic heterocycles. The molecule has 0 bridgehead atoms. The van der Waals surface area contributed by atoms with Crippen LogP contribution in [0.5, 0.6) is 0 Å². The molecule has 9 heteroatoms. The summed E-state index contributed by atoms with van der Waals surface area (Å²) in [6, 6.07) is 11.1. The van der Waals surface area contributed by atoms with Crippen LogP contribution in [0.4, 0.5) is 10.8 Å². The Balaban J connectivity index is 1.97. The summed E-state index contributed by atoms with van der Waals surface area (Å²) in [6.07, 6.45) is 0. The highest BCUT2D eigenvalue weighted by molar-refractivity contribution is 7.22. The van der Waals surface area contributed by atoms with Gasteiger partial charge in [-0.25, -0.2) is 4.98 Å². The number of thiazole rings is 1. The SMILES string of the molecule is C[NH+](C)CCN(C(=O)c1ccc([N+](=O)[O-])cc1)c1nc2c(Cl)cccc2s1. The number of carbonyl (C=O) groups excluding carboxylic acids is 1. The Morgan fingerprint density at radius 2 is 1.96 bits per heavy atom. The zero-order valence-electron chi connectivity index (χ0n) is 14.8. The number of aromatic nitrogens is 1. The van der Waals surface area contributed by atoms with Gasteiger partial charge >= 0.3 is 0 Å². The highest BCUT2D eigenvalue weighted by Gasteiger charge is 2.23. The number of amides is 1. The molecule has 2 aromatic carbocycles. The van der Waals surface area contributed by atoms with Crippen molar-refractivity contribution in [2.24, 2.45) is 0 Å². The van der Waals surface area contributed by atoms with Crippen LogP contribution >= 0.6 is 22.9 Å². The van der Waals surface area contributed by atoms with Crippen LogP contribution in [-0.4, -0.2) is 43.0 Å². The van der Waals surface area contributed by atoms with E-state index >= 15 is 0 Å². The van der Waals surface area contributed by atoms with Crippen molar-refractivity contribution in [1.29, 1.82) is 0 Å². The van der Waals surface area contributed by atoms with E-state index in [1.54, 1.807) is 11.0 Å². The van der Waals surface area contributed by atoms with Gasteiger partial charge in [-0.05, 0) is 24.3 Å². The molecule has 3 aromatic rings. The van der Waals surface area contributed by atoms with E-state index in [0.717, 1.165) is 11.2 Å². The van der Waals surface area contributed by atoms with Crippen LogP contribution in [0.1, 0.15) is 10.4 Å². The number of rotatable bonds is 6. The molecule has 0 aliphatic carbocycles. The second-order valence-electron chi connectivity index (χ2n) is 6.30. The van der Waals surface area contributed by atoms with Gasteiger partial charge in [0.15, 0.2) is 5.13 Å². The van der Waals surface area contributed by atoms with E-state index in [1.807, 2.05) is 26.2 Å². The predicted octanol–water partition coefficient (Wildman–Crippen LogP) is 2.65. The van der Waals surface area contributed by atoms with Crippen LogP contribution in [0.15, 0.2) is 42.5 Å². The lowest BCUT2D eigenvalue weighted by molar-refractivity contribution is -0.856. The minimum absolute atomic E-state index is 0.0531. The zero-order valence-corrected chi connectivity index (χ0v) is 16.4. The third kappa shape index (κ3) is 4.24. The Bertz CT molecular complexity index is 988. The number of quaternary nitrogens is 1. The zero-order chi connectivity index (χ0) is 19.6. The van der Waals surface area contributed by atoms with Gasteiger partial charge in [-0.1, -0.05) is 29.0 Å². The number of likely N-dealkylation sites (N-methyl/N-ethyl adjacent to an activating group) is 1. The fourth-order valence-electron chi connectivity index (χ4n) is 2.52. The third-order valence-electron chi connectivity index (χ3n) is 3.99. The molecule has 0 fully saturated rings. The van der Waals surface area contributed by atoms with Crippen molar-refractivity contribution in [3.8, 4) is 0 Å². The molecule has 1 amide bonds. The largest absolute Gasteiger partial charge is 0.338 e. The number of hydrogen-bond donors (Lipinski definition) is 1. The number of non-ortho nitro benzene ring substituents is 1. The molecule has 1 heterocycles. The number of fused-ring (bicyclic) bond motifs is 1. The first-order valence-electron chi connectivity index (χ1n) is 8.27. The van der Waals surface area contributed by atoms with Gasteiger partial charge in [-0.3, -0.25) is 19.8 Å². The molecule has 0 unspecified atom stereocenters. The molecule has 140 valence electrons. The van der Waals surface area contributed by atoms with Crippen LogP contribution in [0, 0.1) is 10.1 Å². The first kappa shape index (κ1) is 19.2. The maximum Gasteiger partial charge on any atom is 0.269 e. The van der Waals surface area contributed by atoms with E-state index in [-0.39, 0.29) is 11.6 Å². The molecule has 0 saturated heterocycles. The predicted molar refractivity (Wildman–Crippen MR) is 107 cm³/mol. The third-order valence-corrected chi connectivity index (χ3v) is 5.34. The van der Waals surface area contributed by atoms with Crippen molar-refractivity contribution in [3.05, 3.63) is 63.2 Å². The van der Waals surface area contributed by atoms with Crippen molar-refractivity contribution in [2.45, 2.75) is 0 Å². The molecule has 27 heavy (non-hydrogen) atoms. The molecule has 0 saturated carbocycles. The van der Waals surface area contributed by atoms with Gasteiger partial charge in [0.2, 0.25) is 0 Å². The number of nitrogens with one attached hydrogen (secondary N) is 1. The molecule has 0 aliphatic heterocycles. The van der Waals surface area contributed by atoms with Crippen molar-refractivity contribution in [2.75, 3.05) is 32.1 Å². The van der Waals surface area contributed by atoms with E-state index in [4.69, 9.17) is 11.6 Å². The summed E-state index contributed by atoms with van der Waals surface area (Å²) in [7, 11) is 4.01. The van der Waals surface area contributed by atoms with Crippen molar-refractivity contribution < 1.29 is 14.6 Å². The average Bonchev–Trinajstić information content (AvgIpc) is 3.07. The number of nitrogens with zero attached hydrogens (tertiary/aromatic N) is 3. The number of nitro groups is 1. The lowest BCUT2D eigenvalue weighted by atomic mass is 10.2. The van der Waals surface area contributed by atoms with Crippen molar-refractivity contribution in [3.63, 3.8) is 0 Å². The summed E-state index contributed by atoms with van der Waals surface area (Å²) in [4.78, 5) is 30.8.